The second-order valence-electron chi connectivity index (χ2n) is 2.28. The van der Waals surface area contributed by atoms with E-state index >= 15 is 0 Å². The minimum atomic E-state index is -0.614. The summed E-state index contributed by atoms with van der Waals surface area (Å²) in [5.41, 5.74) is 0. The number of ether oxygens (including phenoxy) is 2. The van der Waals surface area contributed by atoms with Crippen LogP contribution in [0.3, 0.4) is 0 Å². The fourth-order valence-electron chi connectivity index (χ4n) is 0.635. The Kier molecular flexibility index (Phi) is 6.46. The number of carbonyl (C=O) groups is 2. The van der Waals surface area contributed by atoms with Gasteiger partial charge in [0.05, 0.1) is 12.5 Å². The van der Waals surface area contributed by atoms with Gasteiger partial charge in [-0.05, 0) is 0 Å². The number of hydrogen-bond donors (Lipinski definition) is 0. The highest BCUT2D eigenvalue weighted by atomic mass is 16.5. The molecule has 0 atom stereocenters. The first-order valence-corrected chi connectivity index (χ1v) is 3.74. The number of nitrogens with zero attached hydrogens (tertiary/aromatic N) is 1. The van der Waals surface area contributed by atoms with E-state index in [-0.39, 0.29) is 31.8 Å². The number of Topliss-reactive ketones (excluding diaryl/α,β-unsaturated/α-hetero) is 1. The third kappa shape index (κ3) is 6.97. The van der Waals surface area contributed by atoms with Gasteiger partial charge < -0.3 is 9.47 Å². The lowest BCUT2D eigenvalue weighted by atomic mass is 10.3. The summed E-state index contributed by atoms with van der Waals surface area (Å²) >= 11 is 0. The van der Waals surface area contributed by atoms with Crippen LogP contribution >= 0.6 is 0 Å². The zero-order valence-corrected chi connectivity index (χ0v) is 7.41. The molecular weight excluding hydrogens is 174 g/mol. The van der Waals surface area contributed by atoms with Crippen molar-refractivity contribution >= 4 is 11.8 Å². The largest absolute Gasteiger partial charge is 0.464 e. The van der Waals surface area contributed by atoms with E-state index in [4.69, 9.17) is 5.26 Å². The number of carbonyl (C=O) groups excluding carboxylic acids is 2. The van der Waals surface area contributed by atoms with Crippen LogP contribution in [0.1, 0.15) is 12.8 Å². The highest BCUT2D eigenvalue weighted by molar-refractivity contribution is 5.96. The standard InChI is InChI=1S/C8H11NO4/c1-12-6-7(10)5-8(11)13-4-2-3-9/h2,4-6H2,1H3. The summed E-state index contributed by atoms with van der Waals surface area (Å²) in [4.78, 5) is 21.6. The molecule has 5 nitrogen and oxygen atoms in total. The Bertz CT molecular complexity index is 219. The Morgan fingerprint density at radius 2 is 2.15 bits per heavy atom. The molecule has 0 N–H and O–H groups in total. The van der Waals surface area contributed by atoms with Gasteiger partial charge in [0, 0.05) is 7.11 Å². The van der Waals surface area contributed by atoms with Crippen molar-refractivity contribution in [3.05, 3.63) is 0 Å². The summed E-state index contributed by atoms with van der Waals surface area (Å²) in [7, 11) is 1.37. The Labute approximate surface area is 76.2 Å². The van der Waals surface area contributed by atoms with Gasteiger partial charge in [-0.1, -0.05) is 0 Å². The van der Waals surface area contributed by atoms with Crippen LogP contribution in [0.2, 0.25) is 0 Å². The quantitative estimate of drug-likeness (QED) is 0.332. The average molecular weight is 185 g/mol. The van der Waals surface area contributed by atoms with Crippen molar-refractivity contribution in [2.45, 2.75) is 12.8 Å². The van der Waals surface area contributed by atoms with E-state index in [0.29, 0.717) is 0 Å². The molecule has 0 aromatic rings. The molecule has 0 aliphatic heterocycles. The molecule has 72 valence electrons. The summed E-state index contributed by atoms with van der Waals surface area (Å²) in [6, 6.07) is 1.81. The molecule has 0 fully saturated rings. The van der Waals surface area contributed by atoms with Gasteiger partial charge in [-0.25, -0.2) is 0 Å². The zero-order chi connectivity index (χ0) is 10.1. The predicted molar refractivity (Wildman–Crippen MR) is 42.7 cm³/mol. The number of hydrogen-bond acceptors (Lipinski definition) is 5. The van der Waals surface area contributed by atoms with Crippen molar-refractivity contribution in [1.82, 2.24) is 0 Å². The Morgan fingerprint density at radius 3 is 2.69 bits per heavy atom. The van der Waals surface area contributed by atoms with Crippen molar-refractivity contribution in [1.29, 1.82) is 5.26 Å². The van der Waals surface area contributed by atoms with Crippen LogP contribution in [0.25, 0.3) is 0 Å². The highest BCUT2D eigenvalue weighted by Gasteiger charge is 2.09. The van der Waals surface area contributed by atoms with E-state index in [1.807, 2.05) is 6.07 Å². The Balaban J connectivity index is 3.51. The van der Waals surface area contributed by atoms with Gasteiger partial charge in [-0.3, -0.25) is 9.59 Å². The van der Waals surface area contributed by atoms with E-state index < -0.39 is 5.97 Å². The second kappa shape index (κ2) is 7.25. The van der Waals surface area contributed by atoms with E-state index in [1.54, 1.807) is 0 Å². The molecule has 5 heteroatoms. The van der Waals surface area contributed by atoms with Gasteiger partial charge in [0.2, 0.25) is 0 Å². The van der Waals surface area contributed by atoms with E-state index in [2.05, 4.69) is 9.47 Å². The maximum atomic E-state index is 10.8. The first kappa shape index (κ1) is 11.6. The average Bonchev–Trinajstić information content (AvgIpc) is 2.05. The molecule has 0 bridgehead atoms. The number of rotatable bonds is 6. The lowest BCUT2D eigenvalue weighted by Gasteiger charge is -2.00. The van der Waals surface area contributed by atoms with Gasteiger partial charge >= 0.3 is 5.97 Å². The lowest BCUT2D eigenvalue weighted by Crippen LogP contribution is -2.15. The minimum Gasteiger partial charge on any atom is -0.464 e. The maximum Gasteiger partial charge on any atom is 0.313 e. The molecule has 0 heterocycles. The van der Waals surface area contributed by atoms with Crippen molar-refractivity contribution in [2.75, 3.05) is 20.3 Å². The smallest absolute Gasteiger partial charge is 0.313 e. The van der Waals surface area contributed by atoms with E-state index in [1.165, 1.54) is 7.11 Å². The first-order chi connectivity index (χ1) is 6.20. The monoisotopic (exact) mass is 185 g/mol. The van der Waals surface area contributed by atoms with Gasteiger partial charge in [-0.2, -0.15) is 5.26 Å². The fraction of sp³-hybridized carbons (Fsp3) is 0.625. The molecule has 0 spiro atoms. The second-order valence-corrected chi connectivity index (χ2v) is 2.28. The fourth-order valence-corrected chi connectivity index (χ4v) is 0.635. The zero-order valence-electron chi connectivity index (χ0n) is 7.41. The topological polar surface area (TPSA) is 76.4 Å². The molecule has 0 saturated carbocycles. The maximum absolute atomic E-state index is 10.8. The van der Waals surface area contributed by atoms with E-state index in [9.17, 15) is 9.59 Å². The number of nitriles is 1. The number of ketones is 1. The Morgan fingerprint density at radius 1 is 1.46 bits per heavy atom. The molecule has 0 radical (unpaired) electrons. The van der Waals surface area contributed by atoms with Crippen LogP contribution in [0.15, 0.2) is 0 Å². The minimum absolute atomic E-state index is 0.0373. The number of methoxy groups -OCH3 is 1. The molecule has 0 rings (SSSR count). The Hall–Kier alpha value is -1.41. The summed E-state index contributed by atoms with van der Waals surface area (Å²) in [6.07, 6.45) is -0.149. The van der Waals surface area contributed by atoms with Gasteiger partial charge in [0.25, 0.3) is 0 Å². The first-order valence-electron chi connectivity index (χ1n) is 3.74. The van der Waals surface area contributed by atoms with Crippen molar-refractivity contribution < 1.29 is 19.1 Å². The van der Waals surface area contributed by atoms with Crippen LogP contribution in [-0.2, 0) is 19.1 Å². The summed E-state index contributed by atoms with van der Waals surface area (Å²) in [5.74, 6) is -0.943. The predicted octanol–water partition coefficient (Wildman–Crippen LogP) is 0.0489. The van der Waals surface area contributed by atoms with Crippen LogP contribution in [-0.4, -0.2) is 32.1 Å². The molecule has 0 aromatic carbocycles. The third-order valence-electron chi connectivity index (χ3n) is 1.12. The molecule has 0 amide bonds. The van der Waals surface area contributed by atoms with Gasteiger partial charge in [0.15, 0.2) is 5.78 Å². The molecule has 0 unspecified atom stereocenters. The summed E-state index contributed by atoms with van der Waals surface area (Å²) < 4.78 is 9.08. The normalized spacial score (nSPS) is 8.92. The third-order valence-corrected chi connectivity index (χ3v) is 1.12. The van der Waals surface area contributed by atoms with Gasteiger partial charge in [0.1, 0.15) is 19.6 Å². The summed E-state index contributed by atoms with van der Waals surface area (Å²) in [6.45, 7) is -0.0526. The molecular formula is C8H11NO4. The van der Waals surface area contributed by atoms with Crippen molar-refractivity contribution in [3.63, 3.8) is 0 Å². The van der Waals surface area contributed by atoms with E-state index in [0.717, 1.165) is 0 Å². The lowest BCUT2D eigenvalue weighted by molar-refractivity contribution is -0.146. The highest BCUT2D eigenvalue weighted by Crippen LogP contribution is 1.90. The number of esters is 1. The van der Waals surface area contributed by atoms with Crippen molar-refractivity contribution in [2.24, 2.45) is 0 Å². The van der Waals surface area contributed by atoms with Crippen LogP contribution < -0.4 is 0 Å². The molecule has 13 heavy (non-hydrogen) atoms. The molecule has 0 aromatic heterocycles. The van der Waals surface area contributed by atoms with Crippen LogP contribution in [0.4, 0.5) is 0 Å². The van der Waals surface area contributed by atoms with Crippen LogP contribution in [0, 0.1) is 11.3 Å². The molecule has 0 aliphatic carbocycles. The van der Waals surface area contributed by atoms with Crippen molar-refractivity contribution in [3.8, 4) is 6.07 Å². The summed E-state index contributed by atoms with van der Waals surface area (Å²) in [5, 5.41) is 8.12. The molecule has 0 saturated heterocycles. The SMILES string of the molecule is COCC(=O)CC(=O)OCCC#N. The van der Waals surface area contributed by atoms with Crippen LogP contribution in [0.5, 0.6) is 0 Å². The molecule has 0 aliphatic rings. The van der Waals surface area contributed by atoms with Gasteiger partial charge in [-0.15, -0.1) is 0 Å².